The van der Waals surface area contributed by atoms with E-state index in [2.05, 4.69) is 52.8 Å². The average molecular weight is 370 g/mol. The van der Waals surface area contributed by atoms with E-state index in [1.54, 1.807) is 7.11 Å². The molecule has 1 saturated heterocycles. The molecule has 1 N–H and O–H groups in total. The molecule has 27 heavy (non-hydrogen) atoms. The molecule has 0 radical (unpaired) electrons. The number of rotatable bonds is 7. The number of aromatic hydroxyl groups is 1. The number of ether oxygens (including phenoxy) is 1. The molecule has 2 aromatic carbocycles. The normalized spacial score (nSPS) is 15.0. The summed E-state index contributed by atoms with van der Waals surface area (Å²) in [6, 6.07) is 14.3. The molecule has 1 heterocycles. The van der Waals surface area contributed by atoms with E-state index in [0.717, 1.165) is 68.5 Å². The molecular weight excluding hydrogens is 338 g/mol. The maximum absolute atomic E-state index is 10.5. The molecular formula is C22H31N3O2. The van der Waals surface area contributed by atoms with Crippen molar-refractivity contribution in [2.24, 2.45) is 0 Å². The summed E-state index contributed by atoms with van der Waals surface area (Å²) in [4.78, 5) is 7.02. The zero-order valence-electron chi connectivity index (χ0n) is 16.7. The minimum absolute atomic E-state index is 0.395. The summed E-state index contributed by atoms with van der Waals surface area (Å²) in [5.41, 5.74) is 3.24. The maximum Gasteiger partial charge on any atom is 0.142 e. The van der Waals surface area contributed by atoms with Crippen molar-refractivity contribution in [1.29, 1.82) is 0 Å². The summed E-state index contributed by atoms with van der Waals surface area (Å²) in [6.45, 7) is 10.8. The van der Waals surface area contributed by atoms with Crippen molar-refractivity contribution in [3.8, 4) is 11.5 Å². The van der Waals surface area contributed by atoms with Crippen LogP contribution in [0.4, 0.5) is 11.4 Å². The summed E-state index contributed by atoms with van der Waals surface area (Å²) in [5.74, 6) is 1.32. The van der Waals surface area contributed by atoms with Crippen molar-refractivity contribution in [2.45, 2.75) is 20.4 Å². The number of benzene rings is 2. The third kappa shape index (κ3) is 4.48. The Kier molecular flexibility index (Phi) is 6.45. The van der Waals surface area contributed by atoms with Crippen molar-refractivity contribution in [3.63, 3.8) is 0 Å². The molecule has 0 atom stereocenters. The largest absolute Gasteiger partial charge is 0.508 e. The van der Waals surface area contributed by atoms with Gasteiger partial charge in [-0.1, -0.05) is 18.2 Å². The second kappa shape index (κ2) is 9.00. The predicted octanol–water partition coefficient (Wildman–Crippen LogP) is 3.57. The highest BCUT2D eigenvalue weighted by Crippen LogP contribution is 2.29. The first-order valence-electron chi connectivity index (χ1n) is 9.83. The van der Waals surface area contributed by atoms with Crippen molar-refractivity contribution >= 4 is 11.4 Å². The number of piperazine rings is 1. The van der Waals surface area contributed by atoms with Crippen LogP contribution in [0.5, 0.6) is 11.5 Å². The van der Waals surface area contributed by atoms with E-state index >= 15 is 0 Å². The highest BCUT2D eigenvalue weighted by Gasteiger charge is 2.20. The molecule has 0 unspecified atom stereocenters. The standard InChI is InChI=1S/C22H31N3O2/c1-4-24(5-2)19-11-10-18(21(26)16-19)17-23-12-14-25(15-13-23)20-8-6-7-9-22(20)27-3/h6-11,16,26H,4-5,12-15,17H2,1-3H3. The van der Waals surface area contributed by atoms with Gasteiger partial charge in [0.25, 0.3) is 0 Å². The predicted molar refractivity (Wildman–Crippen MR) is 112 cm³/mol. The van der Waals surface area contributed by atoms with E-state index in [1.807, 2.05) is 18.2 Å². The lowest BCUT2D eigenvalue weighted by Crippen LogP contribution is -2.46. The van der Waals surface area contributed by atoms with Gasteiger partial charge in [0.15, 0.2) is 0 Å². The van der Waals surface area contributed by atoms with Gasteiger partial charge in [-0.3, -0.25) is 4.90 Å². The van der Waals surface area contributed by atoms with Gasteiger partial charge in [-0.2, -0.15) is 0 Å². The minimum Gasteiger partial charge on any atom is -0.508 e. The number of methoxy groups -OCH3 is 1. The van der Waals surface area contributed by atoms with Crippen LogP contribution in [0.2, 0.25) is 0 Å². The van der Waals surface area contributed by atoms with Gasteiger partial charge in [-0.25, -0.2) is 0 Å². The molecule has 146 valence electrons. The SMILES string of the molecule is CCN(CC)c1ccc(CN2CCN(c3ccccc3OC)CC2)c(O)c1. The fourth-order valence-corrected chi connectivity index (χ4v) is 3.75. The molecule has 1 aliphatic heterocycles. The van der Waals surface area contributed by atoms with Crippen LogP contribution in [0.15, 0.2) is 42.5 Å². The summed E-state index contributed by atoms with van der Waals surface area (Å²) >= 11 is 0. The number of phenols is 1. The smallest absolute Gasteiger partial charge is 0.142 e. The first-order valence-corrected chi connectivity index (χ1v) is 9.83. The summed E-state index contributed by atoms with van der Waals surface area (Å²) in [7, 11) is 1.72. The zero-order valence-corrected chi connectivity index (χ0v) is 16.7. The molecule has 0 aromatic heterocycles. The molecule has 5 nitrogen and oxygen atoms in total. The monoisotopic (exact) mass is 369 g/mol. The first-order chi connectivity index (χ1) is 13.2. The summed E-state index contributed by atoms with van der Waals surface area (Å²) < 4.78 is 5.49. The lowest BCUT2D eigenvalue weighted by Gasteiger charge is -2.36. The maximum atomic E-state index is 10.5. The number of hydrogen-bond acceptors (Lipinski definition) is 5. The highest BCUT2D eigenvalue weighted by atomic mass is 16.5. The Morgan fingerprint density at radius 3 is 2.33 bits per heavy atom. The van der Waals surface area contributed by atoms with E-state index in [9.17, 15) is 5.11 Å². The fraction of sp³-hybridized carbons (Fsp3) is 0.455. The molecule has 0 amide bonds. The Bertz CT molecular complexity index is 738. The summed E-state index contributed by atoms with van der Waals surface area (Å²) in [5, 5.41) is 10.5. The van der Waals surface area contributed by atoms with E-state index in [0.29, 0.717) is 5.75 Å². The molecule has 0 aliphatic carbocycles. The second-order valence-corrected chi connectivity index (χ2v) is 6.92. The Morgan fingerprint density at radius 1 is 1.00 bits per heavy atom. The third-order valence-electron chi connectivity index (χ3n) is 5.39. The van der Waals surface area contributed by atoms with E-state index in [4.69, 9.17) is 4.74 Å². The van der Waals surface area contributed by atoms with Crippen molar-refractivity contribution in [2.75, 3.05) is 56.2 Å². The second-order valence-electron chi connectivity index (χ2n) is 6.92. The van der Waals surface area contributed by atoms with Crippen molar-refractivity contribution < 1.29 is 9.84 Å². The first kappa shape index (κ1) is 19.4. The number of anilines is 2. The lowest BCUT2D eigenvalue weighted by atomic mass is 10.1. The van der Waals surface area contributed by atoms with Crippen molar-refractivity contribution in [3.05, 3.63) is 48.0 Å². The van der Waals surface area contributed by atoms with Crippen LogP contribution < -0.4 is 14.5 Å². The number of phenolic OH excluding ortho intramolecular Hbond substituents is 1. The Morgan fingerprint density at radius 2 is 1.70 bits per heavy atom. The quantitative estimate of drug-likeness (QED) is 0.808. The van der Waals surface area contributed by atoms with Gasteiger partial charge in [-0.05, 0) is 32.0 Å². The average Bonchev–Trinajstić information content (AvgIpc) is 2.71. The van der Waals surface area contributed by atoms with Gasteiger partial charge in [0.1, 0.15) is 11.5 Å². The van der Waals surface area contributed by atoms with E-state index < -0.39 is 0 Å². The molecule has 2 aromatic rings. The Labute approximate surface area is 162 Å². The van der Waals surface area contributed by atoms with Gasteiger partial charge in [0.2, 0.25) is 0 Å². The molecule has 5 heteroatoms. The topological polar surface area (TPSA) is 39.2 Å². The Hall–Kier alpha value is -2.40. The number of hydrogen-bond donors (Lipinski definition) is 1. The fourth-order valence-electron chi connectivity index (χ4n) is 3.75. The molecule has 3 rings (SSSR count). The summed E-state index contributed by atoms with van der Waals surface area (Å²) in [6.07, 6.45) is 0. The number of para-hydroxylation sites is 2. The van der Waals surface area contributed by atoms with Crippen LogP contribution in [-0.2, 0) is 6.54 Å². The van der Waals surface area contributed by atoms with E-state index in [1.165, 1.54) is 0 Å². The van der Waals surface area contributed by atoms with Gasteiger partial charge >= 0.3 is 0 Å². The van der Waals surface area contributed by atoms with Gasteiger partial charge < -0.3 is 19.6 Å². The van der Waals surface area contributed by atoms with Crippen LogP contribution in [0, 0.1) is 0 Å². The van der Waals surface area contributed by atoms with Crippen molar-refractivity contribution in [1.82, 2.24) is 4.90 Å². The van der Waals surface area contributed by atoms with Gasteiger partial charge in [0.05, 0.1) is 12.8 Å². The third-order valence-corrected chi connectivity index (χ3v) is 5.39. The Balaban J connectivity index is 1.61. The molecule has 0 bridgehead atoms. The highest BCUT2D eigenvalue weighted by molar-refractivity contribution is 5.58. The van der Waals surface area contributed by atoms with Crippen LogP contribution in [0.1, 0.15) is 19.4 Å². The zero-order chi connectivity index (χ0) is 19.2. The number of nitrogens with zero attached hydrogens (tertiary/aromatic N) is 3. The molecule has 0 spiro atoms. The van der Waals surface area contributed by atoms with Crippen LogP contribution >= 0.6 is 0 Å². The lowest BCUT2D eigenvalue weighted by molar-refractivity contribution is 0.246. The molecule has 1 fully saturated rings. The molecule has 1 aliphatic rings. The van der Waals surface area contributed by atoms with Crippen LogP contribution in [0.3, 0.4) is 0 Å². The van der Waals surface area contributed by atoms with Crippen LogP contribution in [-0.4, -0.2) is 56.4 Å². The van der Waals surface area contributed by atoms with Gasteiger partial charge in [-0.15, -0.1) is 0 Å². The van der Waals surface area contributed by atoms with Crippen LogP contribution in [0.25, 0.3) is 0 Å². The van der Waals surface area contributed by atoms with E-state index in [-0.39, 0.29) is 0 Å². The van der Waals surface area contributed by atoms with Gasteiger partial charge in [0, 0.05) is 63.1 Å². The minimum atomic E-state index is 0.395. The molecule has 0 saturated carbocycles.